The first kappa shape index (κ1) is 31.3. The van der Waals surface area contributed by atoms with Gasteiger partial charge in [0.2, 0.25) is 5.91 Å². The molecule has 7 aliphatic rings. The number of hydrogen-bond donors (Lipinski definition) is 1. The maximum absolute atomic E-state index is 12.9. The summed E-state index contributed by atoms with van der Waals surface area (Å²) in [6.45, 7) is 6.67. The number of terminal acetylenes is 1. The second-order valence-electron chi connectivity index (χ2n) is 16.7. The quantitative estimate of drug-likeness (QED) is 0.291. The Balaban J connectivity index is 1.05. The van der Waals surface area contributed by atoms with E-state index < -0.39 is 0 Å². The van der Waals surface area contributed by atoms with Crippen LogP contribution >= 0.6 is 0 Å². The number of hydrogen-bond acceptors (Lipinski definition) is 1. The number of benzene rings is 1. The van der Waals surface area contributed by atoms with E-state index in [1.807, 2.05) is 0 Å². The molecule has 4 fully saturated rings. The normalized spacial score (nSPS) is 28.9. The summed E-state index contributed by atoms with van der Waals surface area (Å²) in [4.78, 5) is 12.9. The molecule has 8 rings (SSSR count). The van der Waals surface area contributed by atoms with Crippen LogP contribution in [0.3, 0.4) is 0 Å². The van der Waals surface area contributed by atoms with Crippen molar-refractivity contribution in [2.75, 3.05) is 0 Å². The Morgan fingerprint density at radius 1 is 0.978 bits per heavy atom. The van der Waals surface area contributed by atoms with Gasteiger partial charge < -0.3 is 5.32 Å². The van der Waals surface area contributed by atoms with E-state index in [2.05, 4.69) is 92.7 Å². The maximum Gasteiger partial charge on any atom is 0.220 e. The van der Waals surface area contributed by atoms with Crippen LogP contribution in [-0.4, -0.2) is 11.4 Å². The Labute approximate surface area is 278 Å². The molecule has 0 spiro atoms. The van der Waals surface area contributed by atoms with Gasteiger partial charge in [0.1, 0.15) is 0 Å². The lowest BCUT2D eigenvalue weighted by Gasteiger charge is -2.54. The molecule has 2 heteroatoms. The smallest absolute Gasteiger partial charge is 0.220 e. The van der Waals surface area contributed by atoms with Gasteiger partial charge in [-0.05, 0) is 120 Å². The molecule has 2 nitrogen and oxygen atoms in total. The lowest BCUT2D eigenvalue weighted by molar-refractivity contribution is -0.125. The van der Waals surface area contributed by atoms with Gasteiger partial charge in [-0.3, -0.25) is 4.79 Å². The zero-order valence-corrected chi connectivity index (χ0v) is 28.5. The summed E-state index contributed by atoms with van der Waals surface area (Å²) >= 11 is 0. The van der Waals surface area contributed by atoms with E-state index in [1.165, 1.54) is 85.6 Å². The van der Waals surface area contributed by atoms with Gasteiger partial charge in [-0.1, -0.05) is 113 Å². The van der Waals surface area contributed by atoms with Crippen LogP contribution in [0.4, 0.5) is 0 Å². The summed E-state index contributed by atoms with van der Waals surface area (Å²) in [6.07, 6.45) is 39.5. The Morgan fingerprint density at radius 3 is 2.46 bits per heavy atom. The molecule has 2 bridgehead atoms. The molecular formula is C44H53NO. The molecule has 1 N–H and O–H groups in total. The van der Waals surface area contributed by atoms with Crippen LogP contribution in [0.15, 0.2) is 77.5 Å². The van der Waals surface area contributed by atoms with Crippen molar-refractivity contribution in [2.24, 2.45) is 22.7 Å². The SMILES string of the molecule is C#CC1=CC2=CC=C(c3ccc(C4=CC=C(C56CCC(NC(=O)CCC(C)(C)C)(CC5)CC6)C4)c(CC4CCCCC4)c3)C2C=C1. The van der Waals surface area contributed by atoms with E-state index in [1.54, 1.807) is 11.1 Å². The third-order valence-electron chi connectivity index (χ3n) is 12.4. The average molecular weight is 612 g/mol. The molecular weight excluding hydrogens is 558 g/mol. The molecule has 1 amide bonds. The van der Waals surface area contributed by atoms with Crippen molar-refractivity contribution in [3.63, 3.8) is 0 Å². The number of carbonyl (C=O) groups is 1. The summed E-state index contributed by atoms with van der Waals surface area (Å²) in [7, 11) is 0. The highest BCUT2D eigenvalue weighted by molar-refractivity contribution is 5.82. The summed E-state index contributed by atoms with van der Waals surface area (Å²) in [5.74, 6) is 4.16. The summed E-state index contributed by atoms with van der Waals surface area (Å²) in [6, 6.07) is 7.36. The molecule has 7 aliphatic carbocycles. The zero-order chi connectivity index (χ0) is 31.9. The van der Waals surface area contributed by atoms with E-state index >= 15 is 0 Å². The summed E-state index contributed by atoms with van der Waals surface area (Å²) in [5.41, 5.74) is 11.8. The predicted octanol–water partition coefficient (Wildman–Crippen LogP) is 10.6. The summed E-state index contributed by atoms with van der Waals surface area (Å²) < 4.78 is 0. The van der Waals surface area contributed by atoms with Gasteiger partial charge >= 0.3 is 0 Å². The molecule has 0 aromatic heterocycles. The average Bonchev–Trinajstić information content (AvgIpc) is 3.73. The number of carbonyl (C=O) groups excluding carboxylic acids is 1. The minimum atomic E-state index is 0.0322. The molecule has 0 aliphatic heterocycles. The Morgan fingerprint density at radius 2 is 1.74 bits per heavy atom. The number of allylic oxidation sites excluding steroid dienone is 12. The van der Waals surface area contributed by atoms with Gasteiger partial charge in [-0.25, -0.2) is 0 Å². The zero-order valence-electron chi connectivity index (χ0n) is 28.5. The topological polar surface area (TPSA) is 29.1 Å². The molecule has 1 atom stereocenters. The fourth-order valence-corrected chi connectivity index (χ4v) is 9.45. The minimum Gasteiger partial charge on any atom is -0.351 e. The first-order chi connectivity index (χ1) is 22.1. The second kappa shape index (κ2) is 12.4. The molecule has 240 valence electrons. The van der Waals surface area contributed by atoms with Crippen LogP contribution in [0.1, 0.15) is 127 Å². The van der Waals surface area contributed by atoms with Gasteiger partial charge in [0, 0.05) is 23.5 Å². The lowest BCUT2D eigenvalue weighted by atomic mass is 9.54. The molecule has 4 saturated carbocycles. The number of fused-ring (bicyclic) bond motifs is 4. The molecule has 1 unspecified atom stereocenters. The first-order valence-corrected chi connectivity index (χ1v) is 18.3. The van der Waals surface area contributed by atoms with Crippen molar-refractivity contribution in [3.8, 4) is 12.3 Å². The first-order valence-electron chi connectivity index (χ1n) is 18.3. The number of rotatable bonds is 8. The molecule has 0 saturated heterocycles. The van der Waals surface area contributed by atoms with Gasteiger partial charge in [0.15, 0.2) is 0 Å². The third kappa shape index (κ3) is 6.32. The highest BCUT2D eigenvalue weighted by atomic mass is 16.1. The second-order valence-corrected chi connectivity index (χ2v) is 16.7. The van der Waals surface area contributed by atoms with Crippen LogP contribution in [-0.2, 0) is 11.2 Å². The Bertz CT molecular complexity index is 1590. The molecule has 46 heavy (non-hydrogen) atoms. The fourth-order valence-electron chi connectivity index (χ4n) is 9.45. The summed E-state index contributed by atoms with van der Waals surface area (Å²) in [5, 5.41) is 3.54. The van der Waals surface area contributed by atoms with Crippen LogP contribution in [0.2, 0.25) is 0 Å². The monoisotopic (exact) mass is 611 g/mol. The van der Waals surface area contributed by atoms with Crippen molar-refractivity contribution < 1.29 is 4.79 Å². The van der Waals surface area contributed by atoms with E-state index in [-0.39, 0.29) is 16.9 Å². The maximum atomic E-state index is 12.9. The van der Waals surface area contributed by atoms with Gasteiger partial charge in [0.05, 0.1) is 0 Å². The molecule has 1 aromatic carbocycles. The lowest BCUT2D eigenvalue weighted by Crippen LogP contribution is -2.57. The van der Waals surface area contributed by atoms with Crippen LogP contribution in [0.5, 0.6) is 0 Å². The van der Waals surface area contributed by atoms with Gasteiger partial charge in [-0.15, -0.1) is 6.42 Å². The fraction of sp³-hybridized carbons (Fsp3) is 0.523. The minimum absolute atomic E-state index is 0.0322. The highest BCUT2D eigenvalue weighted by Gasteiger charge is 2.51. The van der Waals surface area contributed by atoms with Crippen molar-refractivity contribution in [1.82, 2.24) is 5.32 Å². The third-order valence-corrected chi connectivity index (χ3v) is 12.4. The Kier molecular flexibility index (Phi) is 8.42. The molecule has 0 heterocycles. The molecule has 0 radical (unpaired) electrons. The number of amides is 1. The van der Waals surface area contributed by atoms with E-state index in [0.717, 1.165) is 43.6 Å². The van der Waals surface area contributed by atoms with Gasteiger partial charge in [-0.2, -0.15) is 0 Å². The van der Waals surface area contributed by atoms with Crippen molar-refractivity contribution in [1.29, 1.82) is 0 Å². The largest absolute Gasteiger partial charge is 0.351 e. The number of nitrogens with one attached hydrogen (secondary N) is 1. The van der Waals surface area contributed by atoms with Crippen molar-refractivity contribution in [3.05, 3.63) is 94.1 Å². The van der Waals surface area contributed by atoms with E-state index in [4.69, 9.17) is 6.42 Å². The standard InChI is InChI=1S/C44H53NO/c1-5-31-11-16-39-33(27-31)14-18-40(39)34-13-17-38(36(29-34)28-32-9-7-6-8-10-32)35-12-15-37(30-35)43-21-24-44(25-22-43,26-23-43)45-41(46)19-20-42(2,3)4/h1,11-18,27,29,32,39H,6-10,19-26,28,30H2,2-4H3,(H,45,46). The Hall–Kier alpha value is -3.31. The van der Waals surface area contributed by atoms with Crippen LogP contribution < -0.4 is 5.32 Å². The van der Waals surface area contributed by atoms with E-state index in [0.29, 0.717) is 17.8 Å². The van der Waals surface area contributed by atoms with Crippen LogP contribution in [0, 0.1) is 35.0 Å². The highest BCUT2D eigenvalue weighted by Crippen LogP contribution is 2.58. The van der Waals surface area contributed by atoms with E-state index in [9.17, 15) is 4.79 Å². The van der Waals surface area contributed by atoms with Crippen molar-refractivity contribution in [2.45, 2.75) is 123 Å². The molecule has 1 aromatic rings. The van der Waals surface area contributed by atoms with Crippen LogP contribution in [0.25, 0.3) is 11.1 Å². The predicted molar refractivity (Wildman–Crippen MR) is 193 cm³/mol. The van der Waals surface area contributed by atoms with Crippen molar-refractivity contribution >= 4 is 17.1 Å². The van der Waals surface area contributed by atoms with Gasteiger partial charge in [0.25, 0.3) is 0 Å².